The van der Waals surface area contributed by atoms with Gasteiger partial charge in [-0.05, 0) is 67.5 Å². The first-order chi connectivity index (χ1) is 16.0. The Morgan fingerprint density at radius 1 is 0.970 bits per heavy atom. The molecule has 5 heteroatoms. The van der Waals surface area contributed by atoms with E-state index in [2.05, 4.69) is 53.6 Å². The fraction of sp³-hybridized carbons (Fsp3) is 0.321. The van der Waals surface area contributed by atoms with Gasteiger partial charge in [0.1, 0.15) is 0 Å². The molecule has 1 saturated heterocycles. The molecule has 1 fully saturated rings. The van der Waals surface area contributed by atoms with Gasteiger partial charge in [0.2, 0.25) is 5.91 Å². The van der Waals surface area contributed by atoms with Gasteiger partial charge in [0, 0.05) is 32.0 Å². The molecule has 170 valence electrons. The minimum atomic E-state index is -0.541. The molecule has 0 unspecified atom stereocenters. The number of nitrogens with one attached hydrogen (secondary N) is 1. The summed E-state index contributed by atoms with van der Waals surface area (Å²) in [5.74, 6) is 0.0611. The van der Waals surface area contributed by atoms with Gasteiger partial charge in [0.05, 0.1) is 11.0 Å². The minimum Gasteiger partial charge on any atom is -0.356 e. The van der Waals surface area contributed by atoms with E-state index in [9.17, 15) is 9.59 Å². The fourth-order valence-electron chi connectivity index (χ4n) is 4.82. The van der Waals surface area contributed by atoms with Gasteiger partial charge in [0.25, 0.3) is 5.91 Å². The lowest BCUT2D eigenvalue weighted by atomic mass is 9.71. The third-order valence-corrected chi connectivity index (χ3v) is 6.72. The van der Waals surface area contributed by atoms with Crippen molar-refractivity contribution in [2.75, 3.05) is 19.6 Å². The molecule has 0 saturated carbocycles. The Morgan fingerprint density at radius 3 is 2.33 bits per heavy atom. The van der Waals surface area contributed by atoms with Crippen LogP contribution >= 0.6 is 0 Å². The fourth-order valence-corrected chi connectivity index (χ4v) is 4.82. The summed E-state index contributed by atoms with van der Waals surface area (Å²) in [6.45, 7) is 5.77. The Bertz CT molecular complexity index is 1120. The van der Waals surface area contributed by atoms with E-state index in [0.717, 1.165) is 0 Å². The maximum atomic E-state index is 13.4. The summed E-state index contributed by atoms with van der Waals surface area (Å²) in [6.07, 6.45) is 5.18. The molecule has 2 amide bonds. The first-order valence-electron chi connectivity index (χ1n) is 11.7. The standard InChI is InChI=1S/C28H31N3O2/c1-3-30-27(33)28(14-17-31(18-15-28)26(32)23-11-8-16-29-20-23)19-22-10-5-7-13-25(22)24-12-6-4-9-21(24)2/h4-13,16,20H,3,14-15,17-19H2,1-2H3,(H,30,33). The van der Waals surface area contributed by atoms with Crippen LogP contribution in [0, 0.1) is 12.3 Å². The maximum Gasteiger partial charge on any atom is 0.255 e. The maximum absolute atomic E-state index is 13.4. The largest absolute Gasteiger partial charge is 0.356 e. The number of hydrogen-bond donors (Lipinski definition) is 1. The van der Waals surface area contributed by atoms with Crippen molar-refractivity contribution in [3.05, 3.63) is 89.7 Å². The molecular formula is C28H31N3O2. The zero-order valence-electron chi connectivity index (χ0n) is 19.4. The van der Waals surface area contributed by atoms with Crippen molar-refractivity contribution in [3.63, 3.8) is 0 Å². The molecule has 1 aliphatic heterocycles. The highest BCUT2D eigenvalue weighted by atomic mass is 16.2. The number of carbonyl (C=O) groups excluding carboxylic acids is 2. The number of hydrogen-bond acceptors (Lipinski definition) is 3. The Labute approximate surface area is 195 Å². The number of nitrogens with zero attached hydrogens (tertiary/aromatic N) is 2. The van der Waals surface area contributed by atoms with Gasteiger partial charge in [0.15, 0.2) is 0 Å². The third-order valence-electron chi connectivity index (χ3n) is 6.72. The molecule has 5 nitrogen and oxygen atoms in total. The van der Waals surface area contributed by atoms with Crippen LogP contribution in [0.5, 0.6) is 0 Å². The van der Waals surface area contributed by atoms with Crippen molar-refractivity contribution in [1.29, 1.82) is 0 Å². The zero-order chi connectivity index (χ0) is 23.3. The van der Waals surface area contributed by atoms with Gasteiger partial charge in [-0.15, -0.1) is 0 Å². The number of amides is 2. The van der Waals surface area contributed by atoms with Gasteiger partial charge in [-0.3, -0.25) is 14.6 Å². The highest BCUT2D eigenvalue weighted by molar-refractivity contribution is 5.94. The first-order valence-corrected chi connectivity index (χ1v) is 11.7. The number of carbonyl (C=O) groups is 2. The summed E-state index contributed by atoms with van der Waals surface area (Å²) in [4.78, 5) is 32.2. The van der Waals surface area contributed by atoms with Gasteiger partial charge < -0.3 is 10.2 Å². The smallest absolute Gasteiger partial charge is 0.255 e. The lowest BCUT2D eigenvalue weighted by molar-refractivity contribution is -0.133. The van der Waals surface area contributed by atoms with Crippen molar-refractivity contribution in [3.8, 4) is 11.1 Å². The van der Waals surface area contributed by atoms with Crippen LogP contribution in [0.15, 0.2) is 73.1 Å². The summed E-state index contributed by atoms with van der Waals surface area (Å²) < 4.78 is 0. The summed E-state index contributed by atoms with van der Waals surface area (Å²) in [5.41, 5.74) is 4.81. The predicted octanol–water partition coefficient (Wildman–Crippen LogP) is 4.66. The van der Waals surface area contributed by atoms with E-state index in [4.69, 9.17) is 0 Å². The SMILES string of the molecule is CCNC(=O)C1(Cc2ccccc2-c2ccccc2C)CCN(C(=O)c2cccnc2)CC1. The highest BCUT2D eigenvalue weighted by Gasteiger charge is 2.42. The van der Waals surface area contributed by atoms with Crippen molar-refractivity contribution in [2.24, 2.45) is 5.41 Å². The normalized spacial score (nSPS) is 15.2. The summed E-state index contributed by atoms with van der Waals surface area (Å²) in [7, 11) is 0. The lowest BCUT2D eigenvalue weighted by Crippen LogP contribution is -2.51. The van der Waals surface area contributed by atoms with Crippen molar-refractivity contribution in [1.82, 2.24) is 15.2 Å². The third kappa shape index (κ3) is 4.82. The molecule has 2 heterocycles. The average Bonchev–Trinajstić information content (AvgIpc) is 2.85. The van der Waals surface area contributed by atoms with E-state index in [1.165, 1.54) is 22.3 Å². The van der Waals surface area contributed by atoms with Crippen molar-refractivity contribution < 1.29 is 9.59 Å². The molecule has 0 bridgehead atoms. The summed E-state index contributed by atoms with van der Waals surface area (Å²) >= 11 is 0. The van der Waals surface area contributed by atoms with E-state index in [0.29, 0.717) is 44.5 Å². The highest BCUT2D eigenvalue weighted by Crippen LogP contribution is 2.39. The molecule has 1 aliphatic rings. The van der Waals surface area contributed by atoms with Gasteiger partial charge in [-0.2, -0.15) is 0 Å². The molecule has 4 rings (SSSR count). The minimum absolute atomic E-state index is 0.0205. The van der Waals surface area contributed by atoms with Crippen LogP contribution in [0.2, 0.25) is 0 Å². The van der Waals surface area contributed by atoms with Crippen LogP contribution in [0.25, 0.3) is 11.1 Å². The number of likely N-dealkylation sites (tertiary alicyclic amines) is 1. The van der Waals surface area contributed by atoms with Crippen molar-refractivity contribution in [2.45, 2.75) is 33.1 Å². The zero-order valence-corrected chi connectivity index (χ0v) is 19.4. The second-order valence-corrected chi connectivity index (χ2v) is 8.82. The molecule has 0 radical (unpaired) electrons. The van der Waals surface area contributed by atoms with E-state index in [1.807, 2.05) is 24.0 Å². The first kappa shape index (κ1) is 22.7. The number of piperidine rings is 1. The number of pyridine rings is 1. The van der Waals surface area contributed by atoms with Crippen LogP contribution < -0.4 is 5.32 Å². The number of rotatable bonds is 6. The van der Waals surface area contributed by atoms with Gasteiger partial charge >= 0.3 is 0 Å². The van der Waals surface area contributed by atoms with Crippen LogP contribution in [-0.2, 0) is 11.2 Å². The van der Waals surface area contributed by atoms with E-state index >= 15 is 0 Å². The summed E-state index contributed by atoms with van der Waals surface area (Å²) in [6, 6.07) is 20.3. The predicted molar refractivity (Wildman–Crippen MR) is 131 cm³/mol. The second kappa shape index (κ2) is 9.99. The summed E-state index contributed by atoms with van der Waals surface area (Å²) in [5, 5.41) is 3.07. The van der Waals surface area contributed by atoms with Crippen LogP contribution in [0.1, 0.15) is 41.3 Å². The van der Waals surface area contributed by atoms with Crippen LogP contribution in [-0.4, -0.2) is 41.3 Å². The van der Waals surface area contributed by atoms with E-state index in [-0.39, 0.29) is 11.8 Å². The van der Waals surface area contributed by atoms with Crippen LogP contribution in [0.3, 0.4) is 0 Å². The topological polar surface area (TPSA) is 62.3 Å². The Morgan fingerprint density at radius 2 is 1.67 bits per heavy atom. The molecule has 1 N–H and O–H groups in total. The van der Waals surface area contributed by atoms with Gasteiger partial charge in [-0.25, -0.2) is 0 Å². The molecule has 0 aliphatic carbocycles. The van der Waals surface area contributed by atoms with E-state index < -0.39 is 5.41 Å². The molecule has 3 aromatic rings. The van der Waals surface area contributed by atoms with Crippen LogP contribution in [0.4, 0.5) is 0 Å². The number of aryl methyl sites for hydroxylation is 1. The Balaban J connectivity index is 1.61. The average molecular weight is 442 g/mol. The monoisotopic (exact) mass is 441 g/mol. The lowest BCUT2D eigenvalue weighted by Gasteiger charge is -2.41. The Hall–Kier alpha value is -3.47. The van der Waals surface area contributed by atoms with Gasteiger partial charge in [-0.1, -0.05) is 48.5 Å². The quantitative estimate of drug-likeness (QED) is 0.605. The molecule has 1 aromatic heterocycles. The molecule has 0 spiro atoms. The molecule has 2 aromatic carbocycles. The number of aromatic nitrogens is 1. The second-order valence-electron chi connectivity index (χ2n) is 8.82. The van der Waals surface area contributed by atoms with Crippen molar-refractivity contribution >= 4 is 11.8 Å². The molecule has 33 heavy (non-hydrogen) atoms. The molecular weight excluding hydrogens is 410 g/mol. The molecule has 0 atom stereocenters. The number of benzene rings is 2. The Kier molecular flexibility index (Phi) is 6.87. The van der Waals surface area contributed by atoms with E-state index in [1.54, 1.807) is 24.5 Å².